The summed E-state index contributed by atoms with van der Waals surface area (Å²) in [5.41, 5.74) is 0.817. The Kier molecular flexibility index (Phi) is 4.03. The van der Waals surface area contributed by atoms with Gasteiger partial charge < -0.3 is 0 Å². The van der Waals surface area contributed by atoms with Crippen LogP contribution in [0.1, 0.15) is 11.3 Å². The summed E-state index contributed by atoms with van der Waals surface area (Å²) in [4.78, 5) is 3.89. The van der Waals surface area contributed by atoms with E-state index in [-0.39, 0.29) is 5.69 Å². The van der Waals surface area contributed by atoms with Gasteiger partial charge in [0.1, 0.15) is 11.3 Å². The Bertz CT molecular complexity index is 1290. The first-order valence-corrected chi connectivity index (χ1v) is 9.54. The number of rotatable bonds is 3. The zero-order chi connectivity index (χ0) is 20.1. The average Bonchev–Trinajstić information content (AvgIpc) is 3.24. The summed E-state index contributed by atoms with van der Waals surface area (Å²) in [6.45, 7) is 1.72. The summed E-state index contributed by atoms with van der Waals surface area (Å²) in [5, 5.41) is 3.87. The molecule has 4 aromatic rings. The topological polar surface area (TPSA) is 69.3 Å². The fourth-order valence-corrected chi connectivity index (χ4v) is 4.32. The third-order valence-electron chi connectivity index (χ3n) is 4.24. The number of aromatic nitrogens is 4. The summed E-state index contributed by atoms with van der Waals surface area (Å²) in [5.74, 6) is 0. The number of pyridine rings is 1. The van der Waals surface area contributed by atoms with Gasteiger partial charge in [0, 0.05) is 6.20 Å². The minimum absolute atomic E-state index is 0.202. The van der Waals surface area contributed by atoms with Crippen LogP contribution in [0.4, 0.5) is 13.2 Å². The highest BCUT2D eigenvalue weighted by Crippen LogP contribution is 2.32. The molecule has 10 heteroatoms. The van der Waals surface area contributed by atoms with E-state index < -0.39 is 26.7 Å². The van der Waals surface area contributed by atoms with Crippen LogP contribution in [0.3, 0.4) is 0 Å². The molecule has 0 aliphatic rings. The van der Waals surface area contributed by atoms with Crippen molar-refractivity contribution in [2.24, 2.45) is 0 Å². The predicted molar refractivity (Wildman–Crippen MR) is 95.2 cm³/mol. The lowest BCUT2D eigenvalue weighted by Gasteiger charge is -2.12. The third kappa shape index (κ3) is 2.85. The van der Waals surface area contributed by atoms with Crippen LogP contribution in [0, 0.1) is 6.92 Å². The third-order valence-corrected chi connectivity index (χ3v) is 5.84. The molecule has 3 aromatic heterocycles. The molecule has 0 bridgehead atoms. The van der Waals surface area contributed by atoms with E-state index in [1.54, 1.807) is 35.7 Å². The van der Waals surface area contributed by atoms with Gasteiger partial charge in [-0.2, -0.15) is 30.8 Å². The number of benzene rings is 1. The van der Waals surface area contributed by atoms with Crippen LogP contribution in [-0.4, -0.2) is 27.0 Å². The van der Waals surface area contributed by atoms with E-state index in [1.165, 1.54) is 12.3 Å². The van der Waals surface area contributed by atoms with E-state index in [0.717, 1.165) is 22.3 Å². The lowest BCUT2D eigenvalue weighted by molar-refractivity contribution is -0.137. The van der Waals surface area contributed by atoms with E-state index in [2.05, 4.69) is 10.1 Å². The summed E-state index contributed by atoms with van der Waals surface area (Å²) in [6, 6.07) is 10.4. The van der Waals surface area contributed by atoms with Crippen molar-refractivity contribution in [2.75, 3.05) is 0 Å². The molecular formula is C18H13F3N4O2S. The Hall–Kier alpha value is -3.14. The minimum atomic E-state index is -4.66. The van der Waals surface area contributed by atoms with Gasteiger partial charge >= 0.3 is 6.18 Å². The normalized spacial score (nSPS) is 12.6. The molecule has 0 radical (unpaired) electrons. The number of alkyl halides is 3. The second-order valence-electron chi connectivity index (χ2n) is 6.06. The average molecular weight is 406 g/mol. The first-order valence-electron chi connectivity index (χ1n) is 8.10. The van der Waals surface area contributed by atoms with Crippen molar-refractivity contribution in [1.82, 2.24) is 18.6 Å². The largest absolute Gasteiger partial charge is 0.416 e. The predicted octanol–water partition coefficient (Wildman–Crippen LogP) is 3.76. The smallest absolute Gasteiger partial charge is 0.298 e. The molecule has 144 valence electrons. The molecule has 0 unspecified atom stereocenters. The first kappa shape index (κ1) is 18.2. The van der Waals surface area contributed by atoms with Crippen molar-refractivity contribution in [3.63, 3.8) is 0 Å². The zero-order valence-electron chi connectivity index (χ0n) is 14.4. The Balaban J connectivity index is 1.91. The highest BCUT2D eigenvalue weighted by atomic mass is 32.2. The fraction of sp³-hybridized carbons (Fsp3) is 0.111. The molecule has 0 spiro atoms. The van der Waals surface area contributed by atoms with Crippen LogP contribution in [0.15, 0.2) is 65.8 Å². The maximum atomic E-state index is 13.0. The molecule has 0 saturated carbocycles. The van der Waals surface area contributed by atoms with Crippen molar-refractivity contribution in [1.29, 1.82) is 0 Å². The summed E-state index contributed by atoms with van der Waals surface area (Å²) in [6.07, 6.45) is -1.65. The summed E-state index contributed by atoms with van der Waals surface area (Å²) in [7, 11) is -4.36. The van der Waals surface area contributed by atoms with Crippen molar-refractivity contribution < 1.29 is 21.6 Å². The van der Waals surface area contributed by atoms with Crippen molar-refractivity contribution in [2.45, 2.75) is 18.0 Å². The molecule has 0 aliphatic heterocycles. The molecule has 1 aromatic carbocycles. The molecule has 0 aliphatic carbocycles. The quantitative estimate of drug-likeness (QED) is 0.520. The lowest BCUT2D eigenvalue weighted by atomic mass is 10.2. The van der Waals surface area contributed by atoms with Gasteiger partial charge in [-0.3, -0.25) is 4.40 Å². The van der Waals surface area contributed by atoms with Gasteiger partial charge in [-0.15, -0.1) is 0 Å². The maximum absolute atomic E-state index is 13.0. The molecule has 0 N–H and O–H groups in total. The molecule has 4 rings (SSSR count). The van der Waals surface area contributed by atoms with E-state index in [0.29, 0.717) is 23.1 Å². The maximum Gasteiger partial charge on any atom is 0.416 e. The molecule has 3 heterocycles. The number of fused-ring (bicyclic) bond motifs is 1. The van der Waals surface area contributed by atoms with Crippen LogP contribution in [0.2, 0.25) is 0 Å². The molecule has 28 heavy (non-hydrogen) atoms. The van der Waals surface area contributed by atoms with Crippen molar-refractivity contribution in [3.8, 4) is 11.4 Å². The van der Waals surface area contributed by atoms with E-state index in [9.17, 15) is 21.6 Å². The van der Waals surface area contributed by atoms with E-state index >= 15 is 0 Å². The number of nitrogens with zero attached hydrogens (tertiary/aromatic N) is 4. The molecule has 0 amide bonds. The Labute approximate surface area is 157 Å². The van der Waals surface area contributed by atoms with Gasteiger partial charge in [0.25, 0.3) is 10.0 Å². The molecule has 6 nitrogen and oxygen atoms in total. The van der Waals surface area contributed by atoms with Crippen LogP contribution in [-0.2, 0) is 16.2 Å². The summed E-state index contributed by atoms with van der Waals surface area (Å²) >= 11 is 0. The Morgan fingerprint density at radius 1 is 1.04 bits per heavy atom. The van der Waals surface area contributed by atoms with E-state index in [1.807, 2.05) is 0 Å². The lowest BCUT2D eigenvalue weighted by Crippen LogP contribution is -2.17. The molecule has 0 atom stereocenters. The first-order chi connectivity index (χ1) is 13.2. The van der Waals surface area contributed by atoms with Crippen molar-refractivity contribution >= 4 is 15.7 Å². The number of aryl methyl sites for hydroxylation is 1. The van der Waals surface area contributed by atoms with Crippen LogP contribution in [0.5, 0.6) is 0 Å². The Morgan fingerprint density at radius 2 is 1.82 bits per heavy atom. The van der Waals surface area contributed by atoms with E-state index in [4.69, 9.17) is 0 Å². The monoisotopic (exact) mass is 406 g/mol. The van der Waals surface area contributed by atoms with Gasteiger partial charge in [-0.05, 0) is 43.3 Å². The molecular weight excluding hydrogens is 393 g/mol. The second kappa shape index (κ2) is 6.20. The zero-order valence-corrected chi connectivity index (χ0v) is 15.2. The number of hydrogen-bond donors (Lipinski definition) is 0. The summed E-state index contributed by atoms with van der Waals surface area (Å²) < 4.78 is 67.5. The highest BCUT2D eigenvalue weighted by Gasteiger charge is 2.32. The van der Waals surface area contributed by atoms with Gasteiger partial charge in [0.2, 0.25) is 0 Å². The fourth-order valence-electron chi connectivity index (χ4n) is 3.01. The van der Waals surface area contributed by atoms with Gasteiger partial charge in [-0.25, -0.2) is 4.98 Å². The SMILES string of the molecule is Cc1nc2ccccn2c1-c1ccnn1S(=O)(=O)c1cccc(C(F)(F)F)c1. The molecule has 0 fully saturated rings. The standard InChI is InChI=1S/C18H13F3N4O2S/c1-12-17(24-10-3-2-7-16(24)23-12)15-8-9-22-25(15)28(26,27)14-6-4-5-13(11-14)18(19,20)21/h2-11H,1H3. The van der Waals surface area contributed by atoms with Crippen LogP contribution >= 0.6 is 0 Å². The van der Waals surface area contributed by atoms with Crippen molar-refractivity contribution in [3.05, 3.63) is 72.2 Å². The van der Waals surface area contributed by atoms with Gasteiger partial charge in [-0.1, -0.05) is 12.1 Å². The number of imidazole rings is 1. The van der Waals surface area contributed by atoms with Gasteiger partial charge in [0.05, 0.1) is 28.0 Å². The number of halogens is 3. The Morgan fingerprint density at radius 3 is 2.57 bits per heavy atom. The number of hydrogen-bond acceptors (Lipinski definition) is 4. The molecule has 0 saturated heterocycles. The second-order valence-corrected chi connectivity index (χ2v) is 7.83. The minimum Gasteiger partial charge on any atom is -0.298 e. The highest BCUT2D eigenvalue weighted by molar-refractivity contribution is 7.90. The van der Waals surface area contributed by atoms with Gasteiger partial charge in [0.15, 0.2) is 0 Å². The van der Waals surface area contributed by atoms with Crippen LogP contribution in [0.25, 0.3) is 17.0 Å². The van der Waals surface area contributed by atoms with Crippen LogP contribution < -0.4 is 0 Å².